The number of nitrogens with two attached hydrogens (primary N) is 1. The Balaban J connectivity index is 3.74. The molecule has 0 saturated carbocycles. The number of hydrogen-bond acceptors (Lipinski definition) is 5. The van der Waals surface area contributed by atoms with Gasteiger partial charge in [0.2, 0.25) is 0 Å². The lowest BCUT2D eigenvalue weighted by molar-refractivity contribution is -0.870. The lowest BCUT2D eigenvalue weighted by atomic mass is 10.0. The van der Waals surface area contributed by atoms with Crippen molar-refractivity contribution in [2.24, 2.45) is 5.73 Å². The maximum Gasteiger partial charge on any atom is 0.472 e. The van der Waals surface area contributed by atoms with Gasteiger partial charge in [-0.05, 0) is 12.8 Å². The predicted octanol–water partition coefficient (Wildman–Crippen LogP) is 4.77. The van der Waals surface area contributed by atoms with Gasteiger partial charge in [0.25, 0.3) is 0 Å². The number of rotatable bonds is 21. The van der Waals surface area contributed by atoms with E-state index < -0.39 is 20.0 Å². The maximum atomic E-state index is 11.9. The molecule has 0 aliphatic heterocycles. The second-order valence-electron chi connectivity index (χ2n) is 9.52. The van der Waals surface area contributed by atoms with Crippen LogP contribution in [0.3, 0.4) is 0 Å². The van der Waals surface area contributed by atoms with Crippen LogP contribution in [0.4, 0.5) is 0 Å². The van der Waals surface area contributed by atoms with Crippen LogP contribution in [0, 0.1) is 0 Å². The van der Waals surface area contributed by atoms with Gasteiger partial charge in [0, 0.05) is 0 Å². The average molecular weight is 466 g/mol. The molecule has 0 saturated heterocycles. The first-order chi connectivity index (χ1) is 14.6. The molecule has 0 spiro atoms. The number of hydrogen-bond donors (Lipinski definition) is 3. The number of phosphoric ester groups is 1. The van der Waals surface area contributed by atoms with Crippen LogP contribution in [-0.4, -0.2) is 67.5 Å². The fourth-order valence-electron chi connectivity index (χ4n) is 3.05. The number of unbranched alkanes of at least 4 members (excludes halogenated alkanes) is 11. The van der Waals surface area contributed by atoms with Crippen molar-refractivity contribution in [3.8, 4) is 0 Å². The molecule has 0 radical (unpaired) electrons. The molecular formula is C23H50N2O5P+. The van der Waals surface area contributed by atoms with Gasteiger partial charge in [0.15, 0.2) is 0 Å². The van der Waals surface area contributed by atoms with Crippen molar-refractivity contribution in [3.05, 3.63) is 12.2 Å². The van der Waals surface area contributed by atoms with Gasteiger partial charge in [0.05, 0.1) is 39.9 Å². The zero-order chi connectivity index (χ0) is 23.6. The first-order valence-corrected chi connectivity index (χ1v) is 13.6. The van der Waals surface area contributed by atoms with Gasteiger partial charge >= 0.3 is 7.82 Å². The number of aliphatic hydroxyl groups is 1. The Labute approximate surface area is 191 Å². The maximum absolute atomic E-state index is 11.9. The number of nitrogens with zero attached hydrogens (tertiary/aromatic N) is 1. The first kappa shape index (κ1) is 30.7. The Morgan fingerprint density at radius 1 is 0.935 bits per heavy atom. The number of allylic oxidation sites excluding steroid dienone is 1. The minimum Gasteiger partial charge on any atom is -0.387 e. The van der Waals surface area contributed by atoms with Gasteiger partial charge in [-0.25, -0.2) is 4.57 Å². The molecule has 0 aromatic rings. The summed E-state index contributed by atoms with van der Waals surface area (Å²) in [6, 6.07) is -0.781. The minimum atomic E-state index is -4.16. The monoisotopic (exact) mass is 465 g/mol. The number of phosphoric acid groups is 1. The van der Waals surface area contributed by atoms with E-state index >= 15 is 0 Å². The summed E-state index contributed by atoms with van der Waals surface area (Å²) in [6.45, 7) is 2.68. The van der Waals surface area contributed by atoms with E-state index in [0.717, 1.165) is 12.8 Å². The summed E-state index contributed by atoms with van der Waals surface area (Å²) in [4.78, 5) is 9.69. The summed E-state index contributed by atoms with van der Waals surface area (Å²) in [5, 5.41) is 10.1. The molecule has 0 heterocycles. The third-order valence-electron chi connectivity index (χ3n) is 5.19. The molecule has 0 aromatic carbocycles. The van der Waals surface area contributed by atoms with Crippen LogP contribution in [0.1, 0.15) is 84.0 Å². The van der Waals surface area contributed by atoms with E-state index in [4.69, 9.17) is 14.8 Å². The highest BCUT2D eigenvalue weighted by atomic mass is 31.2. The van der Waals surface area contributed by atoms with Crippen molar-refractivity contribution in [3.63, 3.8) is 0 Å². The van der Waals surface area contributed by atoms with E-state index in [1.807, 2.05) is 27.2 Å². The highest BCUT2D eigenvalue weighted by molar-refractivity contribution is 7.47. The lowest BCUT2D eigenvalue weighted by Crippen LogP contribution is -2.38. The summed E-state index contributed by atoms with van der Waals surface area (Å²) < 4.78 is 22.3. The molecule has 186 valence electrons. The van der Waals surface area contributed by atoms with Crippen LogP contribution in [0.15, 0.2) is 12.2 Å². The predicted molar refractivity (Wildman–Crippen MR) is 129 cm³/mol. The van der Waals surface area contributed by atoms with Gasteiger partial charge < -0.3 is 20.2 Å². The molecule has 3 atom stereocenters. The van der Waals surface area contributed by atoms with E-state index in [0.29, 0.717) is 11.0 Å². The highest BCUT2D eigenvalue weighted by Gasteiger charge is 2.25. The van der Waals surface area contributed by atoms with Gasteiger partial charge in [0.1, 0.15) is 13.2 Å². The molecule has 0 bridgehead atoms. The second-order valence-corrected chi connectivity index (χ2v) is 11.0. The Kier molecular flexibility index (Phi) is 18.0. The molecule has 0 rings (SSSR count). The van der Waals surface area contributed by atoms with Crippen molar-refractivity contribution in [2.45, 2.75) is 96.1 Å². The third-order valence-corrected chi connectivity index (χ3v) is 6.18. The van der Waals surface area contributed by atoms with Crippen LogP contribution in [0.5, 0.6) is 0 Å². The summed E-state index contributed by atoms with van der Waals surface area (Å²) in [7, 11) is 1.72. The molecular weight excluding hydrogens is 415 g/mol. The highest BCUT2D eigenvalue weighted by Crippen LogP contribution is 2.43. The second kappa shape index (κ2) is 18.2. The van der Waals surface area contributed by atoms with Gasteiger partial charge in [-0.1, -0.05) is 83.3 Å². The Hall–Kier alpha value is -0.270. The van der Waals surface area contributed by atoms with Crippen molar-refractivity contribution < 1.29 is 28.1 Å². The molecule has 0 aliphatic carbocycles. The molecule has 31 heavy (non-hydrogen) atoms. The SMILES string of the molecule is CCCCCCCCCCCCCC=CC(O)C(N)COP(=O)(O)OCC[N+](C)(C)C. The first-order valence-electron chi connectivity index (χ1n) is 12.1. The largest absolute Gasteiger partial charge is 0.472 e. The lowest BCUT2D eigenvalue weighted by Gasteiger charge is -2.24. The topological polar surface area (TPSA) is 102 Å². The van der Waals surface area contributed by atoms with Crippen LogP contribution in [0.25, 0.3) is 0 Å². The molecule has 0 amide bonds. The van der Waals surface area contributed by atoms with E-state index in [1.165, 1.54) is 64.2 Å². The fraction of sp³-hybridized carbons (Fsp3) is 0.913. The summed E-state index contributed by atoms with van der Waals surface area (Å²) in [5.74, 6) is 0. The third kappa shape index (κ3) is 21.3. The Bertz CT molecular complexity index is 497. The zero-order valence-electron chi connectivity index (χ0n) is 20.5. The number of aliphatic hydroxyl groups excluding tert-OH is 1. The number of quaternary nitrogens is 1. The summed E-state index contributed by atoms with van der Waals surface area (Å²) in [5.41, 5.74) is 5.85. The Morgan fingerprint density at radius 2 is 1.45 bits per heavy atom. The van der Waals surface area contributed by atoms with Crippen molar-refractivity contribution >= 4 is 7.82 Å². The molecule has 3 unspecified atom stereocenters. The molecule has 0 aliphatic rings. The van der Waals surface area contributed by atoms with Crippen molar-refractivity contribution in [2.75, 3.05) is 40.9 Å². The van der Waals surface area contributed by atoms with Crippen LogP contribution in [-0.2, 0) is 13.6 Å². The van der Waals surface area contributed by atoms with Crippen LogP contribution >= 0.6 is 7.82 Å². The van der Waals surface area contributed by atoms with Crippen LogP contribution < -0.4 is 5.73 Å². The zero-order valence-corrected chi connectivity index (χ0v) is 21.4. The van der Waals surface area contributed by atoms with Crippen molar-refractivity contribution in [1.82, 2.24) is 0 Å². The summed E-state index contributed by atoms with van der Waals surface area (Å²) in [6.07, 6.45) is 17.9. The number of likely N-dealkylation sites (N-methyl/N-ethyl adjacent to an activating group) is 1. The molecule has 4 N–H and O–H groups in total. The molecule has 0 aromatic heterocycles. The van der Waals surface area contributed by atoms with E-state index in [9.17, 15) is 14.6 Å². The van der Waals surface area contributed by atoms with E-state index in [-0.39, 0.29) is 13.2 Å². The molecule has 0 fully saturated rings. The minimum absolute atomic E-state index is 0.105. The van der Waals surface area contributed by atoms with Gasteiger partial charge in [-0.15, -0.1) is 0 Å². The summed E-state index contributed by atoms with van der Waals surface area (Å²) >= 11 is 0. The van der Waals surface area contributed by atoms with Gasteiger partial charge in [-0.3, -0.25) is 9.05 Å². The average Bonchev–Trinajstić information content (AvgIpc) is 2.68. The smallest absolute Gasteiger partial charge is 0.387 e. The Morgan fingerprint density at radius 3 is 1.97 bits per heavy atom. The standard InChI is InChI=1S/C23H49N2O5P/c1-5-6-7-8-9-10-11-12-13-14-15-16-17-18-23(26)22(24)21-30-31(27,28)29-20-19-25(2,3)4/h17-18,22-23,26H,5-16,19-21,24H2,1-4H3/p+1. The molecule has 8 heteroatoms. The van der Waals surface area contributed by atoms with Crippen LogP contribution in [0.2, 0.25) is 0 Å². The molecule has 7 nitrogen and oxygen atoms in total. The quantitative estimate of drug-likeness (QED) is 0.0977. The normalized spacial score (nSPS) is 16.5. The van der Waals surface area contributed by atoms with E-state index in [2.05, 4.69) is 6.92 Å². The van der Waals surface area contributed by atoms with Gasteiger partial charge in [-0.2, -0.15) is 0 Å². The fourth-order valence-corrected chi connectivity index (χ4v) is 3.80. The van der Waals surface area contributed by atoms with Crippen molar-refractivity contribution in [1.29, 1.82) is 0 Å². The van der Waals surface area contributed by atoms with E-state index in [1.54, 1.807) is 6.08 Å².